The molecule has 0 aliphatic heterocycles. The molecule has 0 unspecified atom stereocenters. The molecule has 0 spiro atoms. The van der Waals surface area contributed by atoms with Gasteiger partial charge in [0, 0.05) is 49.2 Å². The van der Waals surface area contributed by atoms with E-state index in [0.29, 0.717) is 30.0 Å². The van der Waals surface area contributed by atoms with Crippen molar-refractivity contribution in [2.45, 2.75) is 31.7 Å². The molecule has 170 valence electrons. The first-order valence-electron chi connectivity index (χ1n) is 11.6. The van der Waals surface area contributed by atoms with Gasteiger partial charge in [-0.3, -0.25) is 4.79 Å². The minimum absolute atomic E-state index is 0.00604. The van der Waals surface area contributed by atoms with Gasteiger partial charge in [-0.2, -0.15) is 4.98 Å². The number of rotatable bonds is 6. The van der Waals surface area contributed by atoms with Crippen molar-refractivity contribution in [3.8, 4) is 0 Å². The van der Waals surface area contributed by atoms with E-state index in [2.05, 4.69) is 21.7 Å². The lowest BCUT2D eigenvalue weighted by atomic mass is 9.86. The van der Waals surface area contributed by atoms with Gasteiger partial charge >= 0.3 is 0 Å². The number of nitrogens with zero attached hydrogens (tertiary/aromatic N) is 3. The van der Waals surface area contributed by atoms with Crippen LogP contribution in [0.1, 0.15) is 36.0 Å². The van der Waals surface area contributed by atoms with Crippen LogP contribution in [0, 0.1) is 5.92 Å². The molecule has 4 aromatic rings. The summed E-state index contributed by atoms with van der Waals surface area (Å²) in [6.45, 7) is 0.711. The molecule has 1 fully saturated rings. The Morgan fingerprint density at radius 2 is 1.73 bits per heavy atom. The summed E-state index contributed by atoms with van der Waals surface area (Å²) in [7, 11) is 4.02. The Kier molecular flexibility index (Phi) is 5.86. The minimum Gasteiger partial charge on any atom is -0.362 e. The first kappa shape index (κ1) is 21.2. The molecule has 1 saturated carbocycles. The van der Waals surface area contributed by atoms with Gasteiger partial charge in [-0.15, -0.1) is 0 Å². The monoisotopic (exact) mass is 442 g/mol. The summed E-state index contributed by atoms with van der Waals surface area (Å²) >= 11 is 0. The van der Waals surface area contributed by atoms with Crippen molar-refractivity contribution in [3.05, 3.63) is 60.3 Å². The Balaban J connectivity index is 1.17. The summed E-state index contributed by atoms with van der Waals surface area (Å²) < 4.78 is 0. The number of amides is 1. The van der Waals surface area contributed by atoms with Crippen LogP contribution in [0.2, 0.25) is 0 Å². The third-order valence-corrected chi connectivity index (χ3v) is 6.57. The predicted molar refractivity (Wildman–Crippen MR) is 134 cm³/mol. The number of carbonyl (C=O) groups is 1. The number of anilines is 2. The minimum atomic E-state index is -0.00604. The van der Waals surface area contributed by atoms with E-state index in [4.69, 9.17) is 9.97 Å². The lowest BCUT2D eigenvalue weighted by Gasteiger charge is -2.29. The van der Waals surface area contributed by atoms with Crippen molar-refractivity contribution in [3.63, 3.8) is 0 Å². The van der Waals surface area contributed by atoms with E-state index in [1.807, 2.05) is 61.5 Å². The number of nitrogens with one attached hydrogen (secondary N) is 3. The van der Waals surface area contributed by atoms with Crippen molar-refractivity contribution in [2.24, 2.45) is 5.92 Å². The van der Waals surface area contributed by atoms with Gasteiger partial charge in [0.05, 0.1) is 11.1 Å². The maximum absolute atomic E-state index is 12.7. The van der Waals surface area contributed by atoms with Crippen LogP contribution in [0.3, 0.4) is 0 Å². The lowest BCUT2D eigenvalue weighted by molar-refractivity contribution is 0.0945. The highest BCUT2D eigenvalue weighted by atomic mass is 16.1. The molecule has 33 heavy (non-hydrogen) atoms. The highest BCUT2D eigenvalue weighted by Crippen LogP contribution is 2.28. The molecule has 7 nitrogen and oxygen atoms in total. The van der Waals surface area contributed by atoms with Crippen LogP contribution in [0.25, 0.3) is 21.8 Å². The highest BCUT2D eigenvalue weighted by molar-refractivity contribution is 6.06. The van der Waals surface area contributed by atoms with Crippen LogP contribution >= 0.6 is 0 Å². The molecule has 1 aliphatic carbocycles. The van der Waals surface area contributed by atoms with E-state index in [-0.39, 0.29) is 5.91 Å². The molecule has 1 aliphatic rings. The average Bonchev–Trinajstić information content (AvgIpc) is 3.27. The lowest BCUT2D eigenvalue weighted by Crippen LogP contribution is -2.34. The molecule has 3 N–H and O–H groups in total. The molecule has 2 heterocycles. The SMILES string of the molecule is CN(C)c1nc(N[C@H]2CC[C@@H](CNC(=O)c3c[nH]c4ccccc34)CC2)nc2ccccc12. The largest absolute Gasteiger partial charge is 0.362 e. The van der Waals surface area contributed by atoms with Crippen molar-refractivity contribution in [1.82, 2.24) is 20.3 Å². The van der Waals surface area contributed by atoms with Gasteiger partial charge in [0.15, 0.2) is 0 Å². The average molecular weight is 443 g/mol. The normalized spacial score (nSPS) is 18.4. The Labute approximate surface area is 193 Å². The van der Waals surface area contributed by atoms with E-state index in [0.717, 1.165) is 53.3 Å². The van der Waals surface area contributed by atoms with Crippen LogP contribution in [0.5, 0.6) is 0 Å². The third kappa shape index (κ3) is 4.49. The first-order valence-corrected chi connectivity index (χ1v) is 11.6. The summed E-state index contributed by atoms with van der Waals surface area (Å²) in [5.41, 5.74) is 2.65. The number of para-hydroxylation sites is 2. The van der Waals surface area contributed by atoms with Gasteiger partial charge in [0.25, 0.3) is 5.91 Å². The quantitative estimate of drug-likeness (QED) is 0.407. The molecule has 0 atom stereocenters. The zero-order chi connectivity index (χ0) is 22.8. The van der Waals surface area contributed by atoms with Gasteiger partial charge < -0.3 is 20.5 Å². The summed E-state index contributed by atoms with van der Waals surface area (Å²) in [5.74, 6) is 2.10. The Hall–Kier alpha value is -3.61. The Morgan fingerprint density at radius 3 is 2.52 bits per heavy atom. The number of carbonyl (C=O) groups excluding carboxylic acids is 1. The Bertz CT molecular complexity index is 1270. The summed E-state index contributed by atoms with van der Waals surface area (Å²) in [6.07, 6.45) is 6.02. The molecule has 5 rings (SSSR count). The standard InChI is InChI=1S/C26H30N6O/c1-32(2)24-20-8-4-6-10-23(20)30-26(31-24)29-18-13-11-17(12-14-18)15-28-25(33)21-16-27-22-9-5-3-7-19(21)22/h3-10,16-18,27H,11-15H2,1-2H3,(H,28,33)(H,29,30,31)/t17-,18+. The summed E-state index contributed by atoms with van der Waals surface area (Å²) in [4.78, 5) is 27.4. The van der Waals surface area contributed by atoms with Crippen LogP contribution in [-0.2, 0) is 0 Å². The number of hydrogen-bond acceptors (Lipinski definition) is 5. The molecule has 2 aromatic carbocycles. The van der Waals surface area contributed by atoms with E-state index in [1.165, 1.54) is 0 Å². The van der Waals surface area contributed by atoms with E-state index in [1.54, 1.807) is 6.20 Å². The Morgan fingerprint density at radius 1 is 1.00 bits per heavy atom. The number of aromatic amines is 1. The van der Waals surface area contributed by atoms with Crippen molar-refractivity contribution >= 4 is 39.5 Å². The predicted octanol–water partition coefficient (Wildman–Crippen LogP) is 4.58. The first-order chi connectivity index (χ1) is 16.1. The highest BCUT2D eigenvalue weighted by Gasteiger charge is 2.23. The smallest absolute Gasteiger partial charge is 0.253 e. The molecule has 7 heteroatoms. The fourth-order valence-corrected chi connectivity index (χ4v) is 4.75. The molecule has 2 aromatic heterocycles. The van der Waals surface area contributed by atoms with Gasteiger partial charge in [-0.05, 0) is 49.8 Å². The van der Waals surface area contributed by atoms with E-state index in [9.17, 15) is 4.79 Å². The molecule has 0 radical (unpaired) electrons. The van der Waals surface area contributed by atoms with Crippen LogP contribution in [0.4, 0.5) is 11.8 Å². The number of hydrogen-bond donors (Lipinski definition) is 3. The second kappa shape index (κ2) is 9.10. The topological polar surface area (TPSA) is 85.9 Å². The summed E-state index contributed by atoms with van der Waals surface area (Å²) in [5, 5.41) is 8.72. The van der Waals surface area contributed by atoms with Crippen LogP contribution in [0.15, 0.2) is 54.7 Å². The maximum Gasteiger partial charge on any atom is 0.253 e. The summed E-state index contributed by atoms with van der Waals surface area (Å²) in [6, 6.07) is 16.4. The van der Waals surface area contributed by atoms with Gasteiger partial charge in [-0.25, -0.2) is 4.98 Å². The molecule has 0 saturated heterocycles. The van der Waals surface area contributed by atoms with Crippen molar-refractivity contribution < 1.29 is 4.79 Å². The van der Waals surface area contributed by atoms with Crippen molar-refractivity contribution in [2.75, 3.05) is 30.9 Å². The zero-order valence-corrected chi connectivity index (χ0v) is 19.1. The van der Waals surface area contributed by atoms with Gasteiger partial charge in [-0.1, -0.05) is 30.3 Å². The number of aromatic nitrogens is 3. The van der Waals surface area contributed by atoms with Gasteiger partial charge in [0.2, 0.25) is 5.95 Å². The second-order valence-electron chi connectivity index (χ2n) is 9.10. The van der Waals surface area contributed by atoms with E-state index >= 15 is 0 Å². The molecular formula is C26H30N6O. The third-order valence-electron chi connectivity index (χ3n) is 6.57. The molecule has 1 amide bonds. The number of fused-ring (bicyclic) bond motifs is 2. The van der Waals surface area contributed by atoms with E-state index < -0.39 is 0 Å². The second-order valence-corrected chi connectivity index (χ2v) is 9.10. The van der Waals surface area contributed by atoms with Crippen molar-refractivity contribution in [1.29, 1.82) is 0 Å². The number of benzene rings is 2. The maximum atomic E-state index is 12.7. The van der Waals surface area contributed by atoms with Gasteiger partial charge in [0.1, 0.15) is 5.82 Å². The number of H-pyrrole nitrogens is 1. The fourth-order valence-electron chi connectivity index (χ4n) is 4.75. The van der Waals surface area contributed by atoms with Crippen LogP contribution < -0.4 is 15.5 Å². The van der Waals surface area contributed by atoms with Crippen LogP contribution in [-0.4, -0.2) is 47.5 Å². The fraction of sp³-hybridized carbons (Fsp3) is 0.346. The molecule has 0 bridgehead atoms. The zero-order valence-electron chi connectivity index (χ0n) is 19.1. The molecular weight excluding hydrogens is 412 g/mol.